The molecule has 180 valence electrons. The molecule has 1 atom stereocenters. The molecule has 1 heteroatoms. The van der Waals surface area contributed by atoms with Gasteiger partial charge in [0.2, 0.25) is 0 Å². The number of hydrogen-bond acceptors (Lipinski definition) is 0. The Labute approximate surface area is 230 Å². The zero-order valence-corrected chi connectivity index (χ0v) is 23.2. The zero-order chi connectivity index (χ0) is 24.6. The third-order valence-electron chi connectivity index (χ3n) is 5.98. The molecule has 1 unspecified atom stereocenters. The van der Waals surface area contributed by atoms with Crippen LogP contribution in [0.25, 0.3) is 0 Å². The molecule has 3 aromatic carbocycles. The van der Waals surface area contributed by atoms with Crippen LogP contribution in [0.15, 0.2) is 108 Å². The van der Waals surface area contributed by atoms with Crippen molar-refractivity contribution in [2.75, 3.05) is 0 Å². The van der Waals surface area contributed by atoms with Gasteiger partial charge in [-0.05, 0) is 0 Å². The van der Waals surface area contributed by atoms with Gasteiger partial charge < -0.3 is 0 Å². The Morgan fingerprint density at radius 1 is 0.657 bits per heavy atom. The van der Waals surface area contributed by atoms with Crippen LogP contribution in [0.2, 0.25) is 0 Å². The Morgan fingerprint density at radius 3 is 1.37 bits per heavy atom. The Morgan fingerprint density at radius 2 is 1.06 bits per heavy atom. The Kier molecular flexibility index (Phi) is 15.5. The molecule has 0 amide bonds. The van der Waals surface area contributed by atoms with Gasteiger partial charge in [0.1, 0.15) is 0 Å². The zero-order valence-electron chi connectivity index (χ0n) is 21.6. The molecule has 2 aliphatic rings. The summed E-state index contributed by atoms with van der Waals surface area (Å²) in [5.41, 5.74) is 8.11. The van der Waals surface area contributed by atoms with E-state index in [4.69, 9.17) is 0 Å². The fourth-order valence-corrected chi connectivity index (χ4v) is 4.21. The molecule has 35 heavy (non-hydrogen) atoms. The molecule has 0 fully saturated rings. The number of benzene rings is 3. The quantitative estimate of drug-likeness (QED) is 0.245. The first-order chi connectivity index (χ1) is 16.5. The van der Waals surface area contributed by atoms with Crippen LogP contribution in [-0.4, -0.2) is 0 Å². The van der Waals surface area contributed by atoms with Crippen LogP contribution in [-0.2, 0) is 21.7 Å². The van der Waals surface area contributed by atoms with E-state index in [-0.39, 0.29) is 21.7 Å². The van der Waals surface area contributed by atoms with Crippen LogP contribution in [0.1, 0.15) is 69.1 Å². The topological polar surface area (TPSA) is 0 Å². The summed E-state index contributed by atoms with van der Waals surface area (Å²) in [6.07, 6.45) is 11.6. The van der Waals surface area contributed by atoms with E-state index in [2.05, 4.69) is 40.7 Å². The molecule has 0 saturated carbocycles. The van der Waals surface area contributed by atoms with Crippen LogP contribution < -0.4 is 0 Å². The second kappa shape index (κ2) is 17.8. The Balaban J connectivity index is 0.000000243. The van der Waals surface area contributed by atoms with Crippen molar-refractivity contribution in [2.24, 2.45) is 5.92 Å². The summed E-state index contributed by atoms with van der Waals surface area (Å²) in [6, 6.07) is 29.6. The van der Waals surface area contributed by atoms with Crippen molar-refractivity contribution < 1.29 is 21.7 Å². The molecule has 0 aliphatic heterocycles. The van der Waals surface area contributed by atoms with E-state index in [9.17, 15) is 0 Å². The van der Waals surface area contributed by atoms with Crippen molar-refractivity contribution in [1.29, 1.82) is 0 Å². The number of rotatable bonds is 2. The molecule has 0 radical (unpaired) electrons. The summed E-state index contributed by atoms with van der Waals surface area (Å²) in [6.45, 7) is 15.7. The monoisotopic (exact) mass is 496 g/mol. The number of hydrogen-bond donors (Lipinski definition) is 0. The van der Waals surface area contributed by atoms with Gasteiger partial charge in [0.15, 0.2) is 0 Å². The molecule has 0 N–H and O–H groups in total. The average Bonchev–Trinajstić information content (AvgIpc) is 3.24. The normalized spacial score (nSPS) is 15.4. The van der Waals surface area contributed by atoms with Crippen LogP contribution in [0.5, 0.6) is 0 Å². The van der Waals surface area contributed by atoms with Crippen LogP contribution in [0.3, 0.4) is 0 Å². The Hall–Kier alpha value is -2.54. The van der Waals surface area contributed by atoms with Crippen molar-refractivity contribution in [3.63, 3.8) is 0 Å². The van der Waals surface area contributed by atoms with E-state index in [1.165, 1.54) is 38.5 Å². The van der Waals surface area contributed by atoms with E-state index >= 15 is 0 Å². The fraction of sp³-hybridized carbons (Fsp3) is 0.265. The summed E-state index contributed by atoms with van der Waals surface area (Å²) in [4.78, 5) is 0. The Bertz CT molecular complexity index is 895. The molecule has 0 nitrogen and oxygen atoms in total. The van der Waals surface area contributed by atoms with Crippen molar-refractivity contribution in [3.05, 3.63) is 151 Å². The largest absolute Gasteiger partial charge is 4.00 e. The predicted molar refractivity (Wildman–Crippen MR) is 149 cm³/mol. The molecule has 5 rings (SSSR count). The van der Waals surface area contributed by atoms with Crippen molar-refractivity contribution >= 4 is 0 Å². The second-order valence-electron chi connectivity index (χ2n) is 8.63. The average molecular weight is 497 g/mol. The van der Waals surface area contributed by atoms with Crippen LogP contribution >= 0.6 is 0 Å². The van der Waals surface area contributed by atoms with E-state index in [0.717, 1.165) is 22.6 Å². The first-order valence-corrected chi connectivity index (χ1v) is 12.5. The molecular formula is C34H40Ti. The summed E-state index contributed by atoms with van der Waals surface area (Å²) in [5, 5.41) is 0. The molecular weight excluding hydrogens is 456 g/mol. The maximum atomic E-state index is 3.72. The molecule has 3 aromatic rings. The van der Waals surface area contributed by atoms with Gasteiger partial charge in [0.05, 0.1) is 0 Å². The van der Waals surface area contributed by atoms with Gasteiger partial charge in [-0.15, -0.1) is 36.4 Å². The molecule has 0 bridgehead atoms. The van der Waals surface area contributed by atoms with Crippen molar-refractivity contribution in [2.45, 2.75) is 52.4 Å². The maximum absolute atomic E-state index is 3.72. The van der Waals surface area contributed by atoms with Gasteiger partial charge in [-0.25, -0.2) is 17.2 Å². The van der Waals surface area contributed by atoms with E-state index in [1.54, 1.807) is 16.7 Å². The first kappa shape index (κ1) is 30.5. The maximum Gasteiger partial charge on any atom is 4.00 e. The smallest absolute Gasteiger partial charge is 0.249 e. The van der Waals surface area contributed by atoms with E-state index < -0.39 is 0 Å². The standard InChI is InChI=1S/C13H19.3C7H7.Ti/c1-3-10-9-11-7-5-6-8-13(11)12(10)4-2;3*1-7-5-3-2-4-6-7;/h12H,3-8H2,1-2H3;3*2-6H,1H2;/q4*-1;+4. The third-order valence-corrected chi connectivity index (χ3v) is 5.98. The number of allylic oxidation sites excluding steroid dienone is 4. The molecule has 0 aromatic heterocycles. The predicted octanol–water partition coefficient (Wildman–Crippen LogP) is 9.64. The van der Waals surface area contributed by atoms with Gasteiger partial charge in [-0.1, -0.05) is 76.5 Å². The van der Waals surface area contributed by atoms with Gasteiger partial charge in [0.25, 0.3) is 0 Å². The van der Waals surface area contributed by atoms with Gasteiger partial charge in [-0.2, -0.15) is 79.4 Å². The van der Waals surface area contributed by atoms with Gasteiger partial charge >= 0.3 is 21.7 Å². The van der Waals surface area contributed by atoms with Crippen LogP contribution in [0, 0.1) is 32.8 Å². The van der Waals surface area contributed by atoms with Crippen LogP contribution in [0.4, 0.5) is 0 Å². The van der Waals surface area contributed by atoms with Gasteiger partial charge in [0, 0.05) is 0 Å². The minimum absolute atomic E-state index is 0. The van der Waals surface area contributed by atoms with E-state index in [1.807, 2.05) is 91.0 Å². The molecule has 2 aliphatic carbocycles. The summed E-state index contributed by atoms with van der Waals surface area (Å²) in [5.74, 6) is 0.778. The first-order valence-electron chi connectivity index (χ1n) is 12.5. The summed E-state index contributed by atoms with van der Waals surface area (Å²) < 4.78 is 0. The summed E-state index contributed by atoms with van der Waals surface area (Å²) in [7, 11) is 0. The molecule has 0 saturated heterocycles. The van der Waals surface area contributed by atoms with Crippen molar-refractivity contribution in [1.82, 2.24) is 0 Å². The summed E-state index contributed by atoms with van der Waals surface area (Å²) >= 11 is 0. The molecule has 0 heterocycles. The third kappa shape index (κ3) is 11.6. The second-order valence-corrected chi connectivity index (χ2v) is 8.63. The minimum Gasteiger partial charge on any atom is -0.249 e. The minimum atomic E-state index is 0. The van der Waals surface area contributed by atoms with Crippen molar-refractivity contribution in [3.8, 4) is 0 Å². The molecule has 0 spiro atoms. The fourth-order valence-electron chi connectivity index (χ4n) is 4.21. The van der Waals surface area contributed by atoms with E-state index in [0.29, 0.717) is 0 Å². The van der Waals surface area contributed by atoms with Gasteiger partial charge in [-0.3, -0.25) is 0 Å². The SMILES string of the molecule is CCC1=[C-]C2=C(CCCC2)C1CC.[CH2-]c1ccccc1.[CH2-]c1ccccc1.[CH2-]c1ccccc1.[Ti+4].